The third-order valence-corrected chi connectivity index (χ3v) is 11.0. The van der Waals surface area contributed by atoms with E-state index in [0.717, 1.165) is 12.8 Å². The van der Waals surface area contributed by atoms with Crippen LogP contribution in [0.25, 0.3) is 0 Å². The Labute approximate surface area is 207 Å². The molecule has 2 amide bonds. The van der Waals surface area contributed by atoms with Gasteiger partial charge in [0.1, 0.15) is 0 Å². The number of hydrogen-bond donors (Lipinski definition) is 1. The molecule has 1 N–H and O–H groups in total. The molecule has 0 radical (unpaired) electrons. The second-order valence-electron chi connectivity index (χ2n) is 9.49. The lowest BCUT2D eigenvalue weighted by molar-refractivity contribution is -0.140. The summed E-state index contributed by atoms with van der Waals surface area (Å²) in [7, 11) is -7.55. The highest BCUT2D eigenvalue weighted by molar-refractivity contribution is 7.89. The van der Waals surface area contributed by atoms with E-state index in [4.69, 9.17) is 0 Å². The van der Waals surface area contributed by atoms with E-state index in [0.29, 0.717) is 45.6 Å². The van der Waals surface area contributed by atoms with Crippen molar-refractivity contribution in [3.8, 4) is 0 Å². The molecular weight excluding hydrogens is 492 g/mol. The molecule has 12 heteroatoms. The predicted molar refractivity (Wildman–Crippen MR) is 129 cm³/mol. The number of rotatable bonds is 9. The smallest absolute Gasteiger partial charge is 0.243 e. The highest BCUT2D eigenvalue weighted by Gasteiger charge is 2.41. The van der Waals surface area contributed by atoms with Crippen molar-refractivity contribution in [2.45, 2.75) is 55.4 Å². The minimum atomic E-state index is -3.87. The molecule has 0 aromatic heterocycles. The maximum absolute atomic E-state index is 13.2. The first-order valence-electron chi connectivity index (χ1n) is 12.3. The fraction of sp³-hybridized carbons (Fsp3) is 0.652. The van der Waals surface area contributed by atoms with Gasteiger partial charge in [-0.1, -0.05) is 13.8 Å². The molecule has 0 bridgehead atoms. The molecule has 10 nitrogen and oxygen atoms in total. The topological polar surface area (TPSA) is 124 Å². The largest absolute Gasteiger partial charge is 0.350 e. The van der Waals surface area contributed by atoms with Gasteiger partial charge in [0.15, 0.2) is 0 Å². The summed E-state index contributed by atoms with van der Waals surface area (Å²) in [5.41, 5.74) is 0. The van der Waals surface area contributed by atoms with Gasteiger partial charge in [-0.2, -0.15) is 8.61 Å². The van der Waals surface area contributed by atoms with Crippen molar-refractivity contribution in [2.24, 2.45) is 11.8 Å². The zero-order valence-electron chi connectivity index (χ0n) is 20.2. The number of nitrogens with one attached hydrogen (secondary N) is 1. The third-order valence-electron chi connectivity index (χ3n) is 7.03. The third kappa shape index (κ3) is 5.40. The molecule has 1 aromatic carbocycles. The maximum atomic E-state index is 13.2. The van der Waals surface area contributed by atoms with E-state index in [1.165, 1.54) is 32.9 Å². The molecule has 3 aliphatic rings. The van der Waals surface area contributed by atoms with Gasteiger partial charge in [-0.25, -0.2) is 16.8 Å². The molecule has 1 aliphatic carbocycles. The SMILES string of the molecule is CCN(CC)S(=O)(=O)c1ccc(S(=O)(=O)N2CCCC(C(=O)NC3CN(C(=O)C4CC4)C3)C2)cc1. The molecule has 2 aliphatic heterocycles. The number of amides is 2. The van der Waals surface area contributed by atoms with E-state index in [9.17, 15) is 26.4 Å². The summed E-state index contributed by atoms with van der Waals surface area (Å²) >= 11 is 0. The van der Waals surface area contributed by atoms with Crippen LogP contribution in [0.5, 0.6) is 0 Å². The highest BCUT2D eigenvalue weighted by Crippen LogP contribution is 2.32. The quantitative estimate of drug-likeness (QED) is 0.509. The Bertz CT molecular complexity index is 1150. The lowest BCUT2D eigenvalue weighted by Gasteiger charge is -2.41. The summed E-state index contributed by atoms with van der Waals surface area (Å²) in [6.07, 6.45) is 3.06. The molecule has 1 saturated carbocycles. The van der Waals surface area contributed by atoms with Crippen LogP contribution in [-0.4, -0.2) is 87.5 Å². The second-order valence-corrected chi connectivity index (χ2v) is 13.4. The fourth-order valence-corrected chi connectivity index (χ4v) is 7.66. The predicted octanol–water partition coefficient (Wildman–Crippen LogP) is 0.855. The monoisotopic (exact) mass is 526 g/mol. The van der Waals surface area contributed by atoms with Crippen LogP contribution in [-0.2, 0) is 29.6 Å². The summed E-state index contributed by atoms with van der Waals surface area (Å²) in [4.78, 5) is 26.7. The molecule has 1 unspecified atom stereocenters. The summed E-state index contributed by atoms with van der Waals surface area (Å²) in [5, 5.41) is 2.96. The number of carbonyl (C=O) groups is 2. The molecule has 2 heterocycles. The Hall–Kier alpha value is -2.02. The summed E-state index contributed by atoms with van der Waals surface area (Å²) < 4.78 is 54.4. The molecule has 2 saturated heterocycles. The molecule has 35 heavy (non-hydrogen) atoms. The first-order valence-corrected chi connectivity index (χ1v) is 15.2. The van der Waals surface area contributed by atoms with E-state index < -0.39 is 26.0 Å². The fourth-order valence-electron chi connectivity index (χ4n) is 4.68. The standard InChI is InChI=1S/C23H34N4O6S2/c1-3-26(4-2)34(30,31)20-9-11-21(12-10-20)35(32,33)27-13-5-6-18(14-27)22(28)24-19-15-25(16-19)23(29)17-7-8-17/h9-12,17-19H,3-8,13-16H2,1-2H3,(H,24,28). The van der Waals surface area contributed by atoms with Gasteiger partial charge in [0, 0.05) is 45.2 Å². The van der Waals surface area contributed by atoms with Gasteiger partial charge < -0.3 is 10.2 Å². The van der Waals surface area contributed by atoms with Crippen LogP contribution in [0.2, 0.25) is 0 Å². The normalized spacial score (nSPS) is 22.1. The van der Waals surface area contributed by atoms with Gasteiger partial charge in [-0.15, -0.1) is 0 Å². The maximum Gasteiger partial charge on any atom is 0.243 e. The Balaban J connectivity index is 1.37. The summed E-state index contributed by atoms with van der Waals surface area (Å²) in [6, 6.07) is 5.18. The molecule has 3 fully saturated rings. The highest BCUT2D eigenvalue weighted by atomic mass is 32.2. The number of piperidine rings is 1. The molecule has 194 valence electrons. The number of benzene rings is 1. The lowest BCUT2D eigenvalue weighted by atomic mass is 9.97. The average molecular weight is 527 g/mol. The Kier molecular flexibility index (Phi) is 7.56. The first kappa shape index (κ1) is 26.1. The van der Waals surface area contributed by atoms with Crippen molar-refractivity contribution >= 4 is 31.9 Å². The summed E-state index contributed by atoms with van der Waals surface area (Å²) in [5.74, 6) is -0.320. The summed E-state index contributed by atoms with van der Waals surface area (Å²) in [6.45, 7) is 5.55. The number of nitrogens with zero attached hydrogens (tertiary/aromatic N) is 3. The molecule has 1 aromatic rings. The number of likely N-dealkylation sites (tertiary alicyclic amines) is 1. The molecule has 1 atom stereocenters. The molecular formula is C23H34N4O6S2. The van der Waals surface area contributed by atoms with E-state index in [1.54, 1.807) is 18.7 Å². The zero-order valence-corrected chi connectivity index (χ0v) is 21.9. The van der Waals surface area contributed by atoms with Crippen molar-refractivity contribution in [3.05, 3.63) is 24.3 Å². The Morgan fingerprint density at radius 1 is 0.914 bits per heavy atom. The van der Waals surface area contributed by atoms with E-state index >= 15 is 0 Å². The van der Waals surface area contributed by atoms with Crippen LogP contribution in [0.15, 0.2) is 34.1 Å². The van der Waals surface area contributed by atoms with Gasteiger partial charge in [0.25, 0.3) is 0 Å². The Morgan fingerprint density at radius 3 is 2.09 bits per heavy atom. The number of hydrogen-bond acceptors (Lipinski definition) is 6. The van der Waals surface area contributed by atoms with Crippen molar-refractivity contribution in [1.29, 1.82) is 0 Å². The minimum Gasteiger partial charge on any atom is -0.350 e. The lowest BCUT2D eigenvalue weighted by Crippen LogP contribution is -2.62. The minimum absolute atomic E-state index is 0.00489. The Morgan fingerprint density at radius 2 is 1.51 bits per heavy atom. The second kappa shape index (κ2) is 10.2. The van der Waals surface area contributed by atoms with Crippen molar-refractivity contribution in [2.75, 3.05) is 39.3 Å². The van der Waals surface area contributed by atoms with Crippen molar-refractivity contribution < 1.29 is 26.4 Å². The molecule has 0 spiro atoms. The van der Waals surface area contributed by atoms with E-state index in [2.05, 4.69) is 5.32 Å². The van der Waals surface area contributed by atoms with E-state index in [-0.39, 0.29) is 40.1 Å². The van der Waals surface area contributed by atoms with Crippen molar-refractivity contribution in [1.82, 2.24) is 18.8 Å². The first-order chi connectivity index (χ1) is 16.6. The van der Waals surface area contributed by atoms with Crippen LogP contribution in [0, 0.1) is 11.8 Å². The van der Waals surface area contributed by atoms with Gasteiger partial charge in [-0.05, 0) is 49.9 Å². The number of sulfonamides is 2. The number of carbonyl (C=O) groups excluding carboxylic acids is 2. The van der Waals surface area contributed by atoms with E-state index in [1.807, 2.05) is 0 Å². The van der Waals surface area contributed by atoms with Gasteiger partial charge in [-0.3, -0.25) is 9.59 Å². The van der Waals surface area contributed by atoms with Crippen LogP contribution >= 0.6 is 0 Å². The van der Waals surface area contributed by atoms with Gasteiger partial charge in [0.2, 0.25) is 31.9 Å². The van der Waals surface area contributed by atoms with Crippen LogP contribution in [0.3, 0.4) is 0 Å². The van der Waals surface area contributed by atoms with Crippen LogP contribution < -0.4 is 5.32 Å². The van der Waals surface area contributed by atoms with Crippen LogP contribution in [0.4, 0.5) is 0 Å². The zero-order chi connectivity index (χ0) is 25.4. The average Bonchev–Trinajstić information content (AvgIpc) is 3.67. The van der Waals surface area contributed by atoms with Gasteiger partial charge >= 0.3 is 0 Å². The van der Waals surface area contributed by atoms with Crippen LogP contribution in [0.1, 0.15) is 39.5 Å². The van der Waals surface area contributed by atoms with Gasteiger partial charge in [0.05, 0.1) is 21.8 Å². The van der Waals surface area contributed by atoms with Crippen molar-refractivity contribution in [3.63, 3.8) is 0 Å². The molecule has 4 rings (SSSR count).